The Hall–Kier alpha value is -3.11. The maximum absolute atomic E-state index is 13.8. The summed E-state index contributed by atoms with van der Waals surface area (Å²) in [6.07, 6.45) is 4.25. The van der Waals surface area contributed by atoms with Gasteiger partial charge >= 0.3 is 0 Å². The average Bonchev–Trinajstić information content (AvgIpc) is 2.99. The Kier molecular flexibility index (Phi) is 6.68. The van der Waals surface area contributed by atoms with E-state index in [0.717, 1.165) is 11.8 Å². The highest BCUT2D eigenvalue weighted by atomic mass is 32.2. The van der Waals surface area contributed by atoms with Crippen molar-refractivity contribution in [2.24, 2.45) is 0 Å². The lowest BCUT2D eigenvalue weighted by molar-refractivity contribution is -0.124. The van der Waals surface area contributed by atoms with E-state index in [2.05, 4.69) is 15.8 Å². The van der Waals surface area contributed by atoms with Gasteiger partial charge < -0.3 is 0 Å². The Morgan fingerprint density at radius 1 is 1.21 bits per heavy atom. The van der Waals surface area contributed by atoms with Gasteiger partial charge in [0.1, 0.15) is 10.1 Å². The topological polar surface area (TPSA) is 91.4 Å². The fraction of sp³-hybridized carbons (Fsp3) is 0.105. The molecule has 0 radical (unpaired) electrons. The highest BCUT2D eigenvalue weighted by molar-refractivity contribution is 8.26. The second-order valence-electron chi connectivity index (χ2n) is 5.85. The number of aromatic nitrogens is 1. The molecule has 1 aliphatic heterocycles. The van der Waals surface area contributed by atoms with Gasteiger partial charge in [-0.05, 0) is 24.3 Å². The van der Waals surface area contributed by atoms with Crippen LogP contribution in [0, 0.1) is 5.82 Å². The first-order valence-corrected chi connectivity index (χ1v) is 9.67. The molecule has 1 fully saturated rings. The van der Waals surface area contributed by atoms with Crippen LogP contribution in [-0.2, 0) is 9.59 Å². The van der Waals surface area contributed by atoms with E-state index in [1.54, 1.807) is 30.3 Å². The van der Waals surface area contributed by atoms with Gasteiger partial charge in [0.05, 0.1) is 10.5 Å². The Labute approximate surface area is 175 Å². The van der Waals surface area contributed by atoms with Gasteiger partial charge in [-0.25, -0.2) is 4.39 Å². The number of hydrazine groups is 1. The quantitative estimate of drug-likeness (QED) is 0.430. The van der Waals surface area contributed by atoms with Crippen molar-refractivity contribution < 1.29 is 18.8 Å². The molecular weight excluding hydrogens is 415 g/mol. The van der Waals surface area contributed by atoms with Crippen molar-refractivity contribution in [3.8, 4) is 0 Å². The molecule has 7 nitrogen and oxygen atoms in total. The average molecular weight is 430 g/mol. The zero-order valence-electron chi connectivity index (χ0n) is 14.9. The van der Waals surface area contributed by atoms with E-state index in [0.29, 0.717) is 5.56 Å². The molecule has 0 unspecified atom stereocenters. The molecule has 0 saturated carbocycles. The second-order valence-corrected chi connectivity index (χ2v) is 7.52. The van der Waals surface area contributed by atoms with E-state index in [1.807, 2.05) is 0 Å². The maximum Gasteiger partial charge on any atom is 0.271 e. The van der Waals surface area contributed by atoms with Crippen molar-refractivity contribution in [2.75, 3.05) is 6.54 Å². The first-order chi connectivity index (χ1) is 14.0. The molecule has 2 N–H and O–H groups in total. The molecule has 10 heteroatoms. The highest BCUT2D eigenvalue weighted by Crippen LogP contribution is 2.32. The van der Waals surface area contributed by atoms with E-state index in [9.17, 15) is 18.8 Å². The van der Waals surface area contributed by atoms with Crippen LogP contribution in [-0.4, -0.2) is 38.5 Å². The largest absolute Gasteiger partial charge is 0.292 e. The summed E-state index contributed by atoms with van der Waals surface area (Å²) in [5, 5.41) is 0. The van der Waals surface area contributed by atoms with E-state index < -0.39 is 23.5 Å². The summed E-state index contributed by atoms with van der Waals surface area (Å²) < 4.78 is 14.1. The van der Waals surface area contributed by atoms with Crippen LogP contribution in [0.4, 0.5) is 4.39 Å². The molecule has 29 heavy (non-hydrogen) atoms. The zero-order valence-corrected chi connectivity index (χ0v) is 16.6. The van der Waals surface area contributed by atoms with Crippen LogP contribution < -0.4 is 10.9 Å². The first kappa shape index (κ1) is 20.6. The molecule has 1 aromatic carbocycles. The number of hydrogen-bond donors (Lipinski definition) is 2. The number of carbonyl (C=O) groups is 3. The Morgan fingerprint density at radius 3 is 2.72 bits per heavy atom. The van der Waals surface area contributed by atoms with Crippen LogP contribution in [0.2, 0.25) is 0 Å². The van der Waals surface area contributed by atoms with Gasteiger partial charge in [-0.2, -0.15) is 0 Å². The number of pyridine rings is 1. The van der Waals surface area contributed by atoms with Crippen LogP contribution >= 0.6 is 24.0 Å². The molecular formula is C19H15FN4O3S2. The van der Waals surface area contributed by atoms with E-state index in [-0.39, 0.29) is 27.8 Å². The predicted molar refractivity (Wildman–Crippen MR) is 111 cm³/mol. The molecule has 1 aromatic heterocycles. The van der Waals surface area contributed by atoms with Crippen molar-refractivity contribution in [3.63, 3.8) is 0 Å². The molecule has 1 saturated heterocycles. The number of amides is 3. The minimum atomic E-state index is -0.509. The molecule has 3 amide bonds. The van der Waals surface area contributed by atoms with E-state index in [1.165, 1.54) is 29.4 Å². The molecule has 1 aliphatic rings. The smallest absolute Gasteiger partial charge is 0.271 e. The third-order valence-electron chi connectivity index (χ3n) is 3.87. The summed E-state index contributed by atoms with van der Waals surface area (Å²) in [6.45, 7) is 0.0356. The number of halogens is 1. The van der Waals surface area contributed by atoms with Crippen LogP contribution in [0.15, 0.2) is 53.7 Å². The monoisotopic (exact) mass is 430 g/mol. The van der Waals surface area contributed by atoms with Gasteiger partial charge in [0.15, 0.2) is 0 Å². The lowest BCUT2D eigenvalue weighted by atomic mass is 10.2. The van der Waals surface area contributed by atoms with Crippen molar-refractivity contribution >= 4 is 52.1 Å². The summed E-state index contributed by atoms with van der Waals surface area (Å²) in [4.78, 5) is 41.7. The number of hydrogen-bond acceptors (Lipinski definition) is 6. The van der Waals surface area contributed by atoms with Crippen LogP contribution in [0.5, 0.6) is 0 Å². The molecule has 3 rings (SSSR count). The molecule has 0 atom stereocenters. The molecule has 0 aliphatic carbocycles. The molecule has 0 spiro atoms. The number of carbonyl (C=O) groups excluding carboxylic acids is 3. The number of thioether (sulfide) groups is 1. The highest BCUT2D eigenvalue weighted by Gasteiger charge is 2.32. The third kappa shape index (κ3) is 5.24. The summed E-state index contributed by atoms with van der Waals surface area (Å²) in [5.41, 5.74) is 5.12. The minimum Gasteiger partial charge on any atom is -0.292 e. The maximum atomic E-state index is 13.8. The van der Waals surface area contributed by atoms with Crippen molar-refractivity contribution in [3.05, 3.63) is 70.6 Å². The minimum absolute atomic E-state index is 0.0356. The zero-order chi connectivity index (χ0) is 20.8. The van der Waals surface area contributed by atoms with Gasteiger partial charge in [0.2, 0.25) is 5.91 Å². The van der Waals surface area contributed by atoms with Crippen molar-refractivity contribution in [1.29, 1.82) is 0 Å². The Balaban J connectivity index is 1.53. The summed E-state index contributed by atoms with van der Waals surface area (Å²) in [7, 11) is 0. The standard InChI is InChI=1S/C19H15FN4O3S2/c20-14-6-2-1-4-12(14)10-15-18(27)24(19(28)29-15)9-7-16(25)22-23-17(26)13-5-3-8-21-11-13/h1-6,8,10-11H,7,9H2,(H,22,25)(H,23,26)/b15-10+. The van der Waals surface area contributed by atoms with Gasteiger partial charge in [0.25, 0.3) is 11.8 Å². The Morgan fingerprint density at radius 2 is 2.00 bits per heavy atom. The number of thiocarbonyl (C=S) groups is 1. The lowest BCUT2D eigenvalue weighted by Gasteiger charge is -2.14. The Bertz CT molecular complexity index is 998. The number of nitrogens with one attached hydrogen (secondary N) is 2. The first-order valence-electron chi connectivity index (χ1n) is 8.45. The normalized spacial score (nSPS) is 14.9. The van der Waals surface area contributed by atoms with Crippen LogP contribution in [0.25, 0.3) is 6.08 Å². The van der Waals surface area contributed by atoms with Gasteiger partial charge in [0, 0.05) is 30.9 Å². The summed E-state index contributed by atoms with van der Waals surface area (Å²) in [6, 6.07) is 9.23. The molecule has 2 aromatic rings. The second kappa shape index (κ2) is 9.39. The predicted octanol–water partition coefficient (Wildman–Crippen LogP) is 2.27. The number of nitrogens with zero attached hydrogens (tertiary/aromatic N) is 2. The summed E-state index contributed by atoms with van der Waals surface area (Å²) in [5.74, 6) is -1.84. The fourth-order valence-electron chi connectivity index (χ4n) is 2.40. The fourth-order valence-corrected chi connectivity index (χ4v) is 3.70. The molecule has 148 valence electrons. The van der Waals surface area contributed by atoms with Crippen LogP contribution in [0.3, 0.4) is 0 Å². The van der Waals surface area contributed by atoms with Crippen LogP contribution in [0.1, 0.15) is 22.3 Å². The van der Waals surface area contributed by atoms with Gasteiger partial charge in [-0.1, -0.05) is 42.2 Å². The SMILES string of the molecule is O=C(CCN1C(=O)/C(=C\c2ccccc2F)SC1=S)NNC(=O)c1cccnc1. The number of benzene rings is 1. The summed E-state index contributed by atoms with van der Waals surface area (Å²) >= 11 is 6.24. The van der Waals surface area contributed by atoms with Gasteiger partial charge in [-0.15, -0.1) is 0 Å². The van der Waals surface area contributed by atoms with Gasteiger partial charge in [-0.3, -0.25) is 35.1 Å². The molecule has 2 heterocycles. The van der Waals surface area contributed by atoms with E-state index in [4.69, 9.17) is 12.2 Å². The molecule has 0 bridgehead atoms. The van der Waals surface area contributed by atoms with Crippen molar-refractivity contribution in [2.45, 2.75) is 6.42 Å². The lowest BCUT2D eigenvalue weighted by Crippen LogP contribution is -2.43. The van der Waals surface area contributed by atoms with Crippen molar-refractivity contribution in [1.82, 2.24) is 20.7 Å². The third-order valence-corrected chi connectivity index (χ3v) is 5.24. The number of rotatable bonds is 5. The van der Waals surface area contributed by atoms with E-state index >= 15 is 0 Å².